The first-order chi connectivity index (χ1) is 6.24. The molecular formula is C9H7FO3. The number of hydrogen-bond acceptors (Lipinski definition) is 3. The van der Waals surface area contributed by atoms with E-state index in [0.717, 1.165) is 6.26 Å². The Hall–Kier alpha value is -1.84. The molecule has 0 radical (unpaired) electrons. The fourth-order valence-corrected chi connectivity index (χ4v) is 0.709. The van der Waals surface area contributed by atoms with Crippen molar-refractivity contribution in [1.29, 1.82) is 0 Å². The topological polar surface area (TPSA) is 35.5 Å². The lowest BCUT2D eigenvalue weighted by molar-refractivity contribution is 0.134. The number of ether oxygens (including phenoxy) is 2. The standard InChI is InChI=1S/C9H7FO3/c1-2-12-9(11)13-8-6-4-3-5-7(8)10/h2-6H,1H2. The molecule has 0 bridgehead atoms. The van der Waals surface area contributed by atoms with Gasteiger partial charge in [-0.05, 0) is 12.1 Å². The van der Waals surface area contributed by atoms with Crippen molar-refractivity contribution < 1.29 is 18.7 Å². The summed E-state index contributed by atoms with van der Waals surface area (Å²) < 4.78 is 21.5. The molecule has 0 N–H and O–H groups in total. The van der Waals surface area contributed by atoms with Crippen LogP contribution in [0.15, 0.2) is 37.1 Å². The van der Waals surface area contributed by atoms with Crippen molar-refractivity contribution in [3.8, 4) is 5.75 Å². The zero-order valence-corrected chi connectivity index (χ0v) is 6.70. The van der Waals surface area contributed by atoms with Crippen LogP contribution in [0.2, 0.25) is 0 Å². The van der Waals surface area contributed by atoms with E-state index >= 15 is 0 Å². The fraction of sp³-hybridized carbons (Fsp3) is 0. The zero-order valence-electron chi connectivity index (χ0n) is 6.70. The molecule has 0 aliphatic rings. The quantitative estimate of drug-likeness (QED) is 0.400. The molecule has 1 aromatic rings. The van der Waals surface area contributed by atoms with Gasteiger partial charge in [-0.2, -0.15) is 0 Å². The summed E-state index contributed by atoms with van der Waals surface area (Å²) in [5, 5.41) is 0. The first kappa shape index (κ1) is 9.25. The molecule has 68 valence electrons. The Kier molecular flexibility index (Phi) is 3.03. The molecule has 0 aromatic heterocycles. The van der Waals surface area contributed by atoms with Gasteiger partial charge in [-0.15, -0.1) is 0 Å². The normalized spacial score (nSPS) is 9.00. The summed E-state index contributed by atoms with van der Waals surface area (Å²) in [6, 6.07) is 5.52. The molecule has 13 heavy (non-hydrogen) atoms. The van der Waals surface area contributed by atoms with Crippen molar-refractivity contribution in [2.24, 2.45) is 0 Å². The molecule has 4 heteroatoms. The van der Waals surface area contributed by atoms with Crippen LogP contribution in [-0.2, 0) is 4.74 Å². The Balaban J connectivity index is 2.68. The number of halogens is 1. The van der Waals surface area contributed by atoms with Crippen LogP contribution in [0.1, 0.15) is 0 Å². The van der Waals surface area contributed by atoms with E-state index in [4.69, 9.17) is 0 Å². The average Bonchev–Trinajstić information content (AvgIpc) is 2.09. The van der Waals surface area contributed by atoms with Gasteiger partial charge in [0.25, 0.3) is 0 Å². The van der Waals surface area contributed by atoms with Crippen LogP contribution in [0.3, 0.4) is 0 Å². The zero-order chi connectivity index (χ0) is 9.68. The van der Waals surface area contributed by atoms with Crippen molar-refractivity contribution in [1.82, 2.24) is 0 Å². The van der Waals surface area contributed by atoms with Crippen LogP contribution >= 0.6 is 0 Å². The van der Waals surface area contributed by atoms with Gasteiger partial charge in [0.15, 0.2) is 11.6 Å². The second kappa shape index (κ2) is 4.25. The first-order valence-corrected chi connectivity index (χ1v) is 3.48. The van der Waals surface area contributed by atoms with Gasteiger partial charge in [-0.25, -0.2) is 9.18 Å². The molecule has 0 atom stereocenters. The summed E-state index contributed by atoms with van der Waals surface area (Å²) >= 11 is 0. The summed E-state index contributed by atoms with van der Waals surface area (Å²) in [7, 11) is 0. The van der Waals surface area contributed by atoms with Crippen molar-refractivity contribution in [3.05, 3.63) is 42.9 Å². The monoisotopic (exact) mass is 182 g/mol. The third-order valence-electron chi connectivity index (χ3n) is 1.21. The summed E-state index contributed by atoms with van der Waals surface area (Å²) in [5.41, 5.74) is 0. The van der Waals surface area contributed by atoms with Gasteiger partial charge in [-0.1, -0.05) is 18.7 Å². The highest BCUT2D eigenvalue weighted by molar-refractivity contribution is 5.64. The van der Waals surface area contributed by atoms with E-state index in [1.807, 2.05) is 0 Å². The smallest absolute Gasteiger partial charge is 0.403 e. The lowest BCUT2D eigenvalue weighted by atomic mass is 10.3. The second-order valence-electron chi connectivity index (χ2n) is 2.07. The Morgan fingerprint density at radius 3 is 2.77 bits per heavy atom. The van der Waals surface area contributed by atoms with Gasteiger partial charge in [0.2, 0.25) is 0 Å². The molecule has 0 saturated heterocycles. The number of benzene rings is 1. The second-order valence-corrected chi connectivity index (χ2v) is 2.07. The van der Waals surface area contributed by atoms with Crippen molar-refractivity contribution in [2.75, 3.05) is 0 Å². The van der Waals surface area contributed by atoms with Crippen LogP contribution in [0.4, 0.5) is 9.18 Å². The van der Waals surface area contributed by atoms with E-state index in [0.29, 0.717) is 0 Å². The van der Waals surface area contributed by atoms with Crippen LogP contribution in [-0.4, -0.2) is 6.16 Å². The van der Waals surface area contributed by atoms with Crippen LogP contribution in [0.5, 0.6) is 5.75 Å². The van der Waals surface area contributed by atoms with Crippen LogP contribution in [0.25, 0.3) is 0 Å². The van der Waals surface area contributed by atoms with Gasteiger partial charge in [0.05, 0.1) is 6.26 Å². The van der Waals surface area contributed by atoms with Crippen LogP contribution < -0.4 is 4.74 Å². The van der Waals surface area contributed by atoms with Gasteiger partial charge >= 0.3 is 6.16 Å². The largest absolute Gasteiger partial charge is 0.518 e. The van der Waals surface area contributed by atoms with Crippen molar-refractivity contribution >= 4 is 6.16 Å². The molecule has 0 spiro atoms. The molecule has 0 aliphatic heterocycles. The van der Waals surface area contributed by atoms with E-state index in [-0.39, 0.29) is 5.75 Å². The Morgan fingerprint density at radius 2 is 2.15 bits per heavy atom. The Labute approximate surface area is 74.4 Å². The molecule has 3 nitrogen and oxygen atoms in total. The molecule has 0 amide bonds. The maximum atomic E-state index is 12.8. The average molecular weight is 182 g/mol. The number of carbonyl (C=O) groups is 1. The molecule has 1 aromatic carbocycles. The predicted octanol–water partition coefficient (Wildman–Crippen LogP) is 2.48. The molecule has 0 saturated carbocycles. The maximum absolute atomic E-state index is 12.8. The minimum Gasteiger partial charge on any atom is -0.403 e. The van der Waals surface area contributed by atoms with Crippen molar-refractivity contribution in [2.45, 2.75) is 0 Å². The van der Waals surface area contributed by atoms with Gasteiger partial charge in [0, 0.05) is 0 Å². The van der Waals surface area contributed by atoms with E-state index in [9.17, 15) is 9.18 Å². The molecule has 0 unspecified atom stereocenters. The predicted molar refractivity (Wildman–Crippen MR) is 43.7 cm³/mol. The van der Waals surface area contributed by atoms with E-state index in [1.165, 1.54) is 18.2 Å². The highest BCUT2D eigenvalue weighted by atomic mass is 19.1. The van der Waals surface area contributed by atoms with Gasteiger partial charge in [0.1, 0.15) is 0 Å². The lowest BCUT2D eigenvalue weighted by Crippen LogP contribution is -2.07. The first-order valence-electron chi connectivity index (χ1n) is 3.48. The minimum absolute atomic E-state index is 0.172. The molecular weight excluding hydrogens is 175 g/mol. The highest BCUT2D eigenvalue weighted by Gasteiger charge is 2.07. The van der Waals surface area contributed by atoms with Crippen molar-refractivity contribution in [3.63, 3.8) is 0 Å². The summed E-state index contributed by atoms with van der Waals surface area (Å²) in [5.74, 6) is -0.794. The molecule has 1 rings (SSSR count). The van der Waals surface area contributed by atoms with E-state index < -0.39 is 12.0 Å². The third kappa shape index (κ3) is 2.59. The lowest BCUT2D eigenvalue weighted by Gasteiger charge is -2.02. The number of rotatable bonds is 2. The minimum atomic E-state index is -1.01. The van der Waals surface area contributed by atoms with Gasteiger partial charge in [-0.3, -0.25) is 0 Å². The van der Waals surface area contributed by atoms with E-state index in [1.54, 1.807) is 6.07 Å². The highest BCUT2D eigenvalue weighted by Crippen LogP contribution is 2.15. The van der Waals surface area contributed by atoms with E-state index in [2.05, 4.69) is 16.1 Å². The molecule has 0 heterocycles. The number of para-hydroxylation sites is 1. The Bertz CT molecular complexity index is 322. The SMILES string of the molecule is C=COC(=O)Oc1ccccc1F. The summed E-state index contributed by atoms with van der Waals surface area (Å²) in [4.78, 5) is 10.7. The third-order valence-corrected chi connectivity index (χ3v) is 1.21. The summed E-state index contributed by atoms with van der Waals surface area (Å²) in [6.07, 6.45) is -0.108. The fourth-order valence-electron chi connectivity index (χ4n) is 0.709. The summed E-state index contributed by atoms with van der Waals surface area (Å²) in [6.45, 7) is 3.15. The Morgan fingerprint density at radius 1 is 1.46 bits per heavy atom. The maximum Gasteiger partial charge on any atom is 0.518 e. The molecule has 0 aliphatic carbocycles. The number of hydrogen-bond donors (Lipinski definition) is 0. The molecule has 0 fully saturated rings. The number of carbonyl (C=O) groups excluding carboxylic acids is 1. The van der Waals surface area contributed by atoms with Gasteiger partial charge < -0.3 is 9.47 Å². The van der Waals surface area contributed by atoms with Crippen LogP contribution in [0, 0.1) is 5.82 Å².